The summed E-state index contributed by atoms with van der Waals surface area (Å²) in [4.78, 5) is 26.6. The molecule has 0 aromatic heterocycles. The van der Waals surface area contributed by atoms with Gasteiger partial charge in [-0.3, -0.25) is 14.5 Å². The van der Waals surface area contributed by atoms with E-state index in [-0.39, 0.29) is 18.4 Å². The van der Waals surface area contributed by atoms with Crippen molar-refractivity contribution < 1.29 is 9.59 Å². The lowest BCUT2D eigenvalue weighted by Crippen LogP contribution is -2.36. The molecule has 3 rings (SSSR count). The minimum absolute atomic E-state index is 0.101. The van der Waals surface area contributed by atoms with E-state index in [1.165, 1.54) is 16.7 Å². The number of allylic oxidation sites excluding steroid dienone is 2. The summed E-state index contributed by atoms with van der Waals surface area (Å²) in [6.45, 7) is -0.101. The Kier molecular flexibility index (Phi) is 6.81. The Morgan fingerprint density at radius 3 is 2.56 bits per heavy atom. The van der Waals surface area contributed by atoms with Crippen LogP contribution in [0.1, 0.15) is 5.56 Å². The van der Waals surface area contributed by atoms with Crippen molar-refractivity contribution in [1.82, 2.24) is 4.90 Å². The number of benzene rings is 2. The quantitative estimate of drug-likeness (QED) is 0.364. The number of carbonyl (C=O) groups excluding carboxylic acids is 2. The summed E-state index contributed by atoms with van der Waals surface area (Å²) in [5, 5.41) is 2.78. The fourth-order valence-corrected chi connectivity index (χ4v) is 3.90. The van der Waals surface area contributed by atoms with E-state index >= 15 is 0 Å². The Morgan fingerprint density at radius 1 is 1.15 bits per heavy atom. The molecule has 0 saturated carbocycles. The molecule has 0 bridgehead atoms. The van der Waals surface area contributed by atoms with E-state index in [1.54, 1.807) is 6.08 Å². The van der Waals surface area contributed by atoms with Crippen LogP contribution in [-0.2, 0) is 9.59 Å². The van der Waals surface area contributed by atoms with Crippen molar-refractivity contribution in [2.24, 2.45) is 0 Å². The highest BCUT2D eigenvalue weighted by molar-refractivity contribution is 14.1. The summed E-state index contributed by atoms with van der Waals surface area (Å²) in [6.07, 6.45) is 5.45. The summed E-state index contributed by atoms with van der Waals surface area (Å²) in [7, 11) is 0. The lowest BCUT2D eigenvalue weighted by atomic mass is 10.2. The SMILES string of the molecule is O=C(CN1C(=O)C(=CC=Cc2ccccc2)SC1=S)Nc1ccc(I)cc1. The van der Waals surface area contributed by atoms with Gasteiger partial charge < -0.3 is 5.32 Å². The molecule has 0 spiro atoms. The van der Waals surface area contributed by atoms with Gasteiger partial charge in [-0.15, -0.1) is 0 Å². The van der Waals surface area contributed by atoms with Crippen LogP contribution < -0.4 is 5.32 Å². The highest BCUT2D eigenvalue weighted by Gasteiger charge is 2.32. The Hall–Kier alpha value is -1.97. The Labute approximate surface area is 180 Å². The monoisotopic (exact) mass is 506 g/mol. The van der Waals surface area contributed by atoms with E-state index in [4.69, 9.17) is 12.2 Å². The van der Waals surface area contributed by atoms with Gasteiger partial charge in [0.25, 0.3) is 5.91 Å². The number of hydrogen-bond acceptors (Lipinski definition) is 4. The maximum Gasteiger partial charge on any atom is 0.266 e. The number of thiocarbonyl (C=S) groups is 1. The highest BCUT2D eigenvalue weighted by atomic mass is 127. The van der Waals surface area contributed by atoms with Gasteiger partial charge in [0, 0.05) is 9.26 Å². The molecule has 1 heterocycles. The van der Waals surface area contributed by atoms with Crippen LogP contribution in [0.5, 0.6) is 0 Å². The van der Waals surface area contributed by atoms with Crippen LogP contribution in [0.4, 0.5) is 5.69 Å². The third-order valence-corrected chi connectivity index (χ3v) is 5.75. The third kappa shape index (κ3) is 5.50. The van der Waals surface area contributed by atoms with Crippen LogP contribution >= 0.6 is 46.6 Å². The number of thioether (sulfide) groups is 1. The summed E-state index contributed by atoms with van der Waals surface area (Å²) in [5.74, 6) is -0.533. The smallest absolute Gasteiger partial charge is 0.266 e. The van der Waals surface area contributed by atoms with Gasteiger partial charge in [-0.25, -0.2) is 0 Å². The number of halogens is 1. The van der Waals surface area contributed by atoms with Crippen molar-refractivity contribution in [3.63, 3.8) is 0 Å². The molecule has 0 atom stereocenters. The Balaban J connectivity index is 1.61. The highest BCUT2D eigenvalue weighted by Crippen LogP contribution is 2.30. The van der Waals surface area contributed by atoms with Crippen LogP contribution in [0.25, 0.3) is 6.08 Å². The molecule has 4 nitrogen and oxygen atoms in total. The van der Waals surface area contributed by atoms with Gasteiger partial charge in [-0.1, -0.05) is 66.5 Å². The van der Waals surface area contributed by atoms with Gasteiger partial charge in [-0.05, 0) is 58.5 Å². The molecule has 27 heavy (non-hydrogen) atoms. The maximum atomic E-state index is 12.5. The third-order valence-electron chi connectivity index (χ3n) is 3.64. The van der Waals surface area contributed by atoms with E-state index < -0.39 is 0 Å². The number of hydrogen-bond donors (Lipinski definition) is 1. The van der Waals surface area contributed by atoms with Crippen molar-refractivity contribution in [3.05, 3.63) is 80.8 Å². The van der Waals surface area contributed by atoms with E-state index in [2.05, 4.69) is 27.9 Å². The van der Waals surface area contributed by atoms with E-state index in [0.29, 0.717) is 14.9 Å². The van der Waals surface area contributed by atoms with E-state index in [9.17, 15) is 9.59 Å². The molecule has 1 fully saturated rings. The molecule has 1 aliphatic heterocycles. The Morgan fingerprint density at radius 2 is 1.85 bits per heavy atom. The zero-order chi connectivity index (χ0) is 19.2. The van der Waals surface area contributed by atoms with Crippen LogP contribution in [-0.4, -0.2) is 27.6 Å². The van der Waals surface area contributed by atoms with Crippen LogP contribution in [0.3, 0.4) is 0 Å². The van der Waals surface area contributed by atoms with Gasteiger partial charge in [0.15, 0.2) is 0 Å². The molecule has 2 aromatic rings. The Bertz CT molecular complexity index is 925. The minimum Gasteiger partial charge on any atom is -0.325 e. The topological polar surface area (TPSA) is 49.4 Å². The number of nitrogens with one attached hydrogen (secondary N) is 1. The molecule has 0 unspecified atom stereocenters. The van der Waals surface area contributed by atoms with E-state index in [1.807, 2.05) is 66.7 Å². The zero-order valence-corrected chi connectivity index (χ0v) is 17.9. The second-order valence-corrected chi connectivity index (χ2v) is 8.54. The molecule has 2 aromatic carbocycles. The molecule has 1 N–H and O–H groups in total. The number of nitrogens with zero attached hydrogens (tertiary/aromatic N) is 1. The average Bonchev–Trinajstić information content (AvgIpc) is 2.92. The van der Waals surface area contributed by atoms with Gasteiger partial charge >= 0.3 is 0 Å². The fourth-order valence-electron chi connectivity index (χ4n) is 2.34. The largest absolute Gasteiger partial charge is 0.325 e. The number of carbonyl (C=O) groups is 2. The predicted molar refractivity (Wildman–Crippen MR) is 123 cm³/mol. The van der Waals surface area contributed by atoms with Gasteiger partial charge in [0.05, 0.1) is 4.91 Å². The molecular weight excluding hydrogens is 491 g/mol. The first kappa shape index (κ1) is 19.8. The lowest BCUT2D eigenvalue weighted by Gasteiger charge is -2.14. The lowest BCUT2D eigenvalue weighted by molar-refractivity contribution is -0.126. The molecule has 0 radical (unpaired) electrons. The van der Waals surface area contributed by atoms with E-state index in [0.717, 1.165) is 9.13 Å². The molecular formula is C20H15IN2O2S2. The predicted octanol–water partition coefficient (Wildman–Crippen LogP) is 4.69. The van der Waals surface area contributed by atoms with Crippen LogP contribution in [0.15, 0.2) is 71.7 Å². The number of amides is 2. The van der Waals surface area contributed by atoms with Crippen LogP contribution in [0.2, 0.25) is 0 Å². The normalized spacial score (nSPS) is 15.7. The molecule has 7 heteroatoms. The van der Waals surface area contributed by atoms with Crippen molar-refractivity contribution in [2.45, 2.75) is 0 Å². The van der Waals surface area contributed by atoms with Crippen molar-refractivity contribution in [3.8, 4) is 0 Å². The van der Waals surface area contributed by atoms with Gasteiger partial charge in [0.2, 0.25) is 5.91 Å². The molecule has 136 valence electrons. The number of anilines is 1. The summed E-state index contributed by atoms with van der Waals surface area (Å²) >= 11 is 8.66. The minimum atomic E-state index is -0.284. The van der Waals surface area contributed by atoms with Crippen molar-refractivity contribution in [1.29, 1.82) is 0 Å². The standard InChI is InChI=1S/C20H15IN2O2S2/c21-15-9-11-16(12-10-15)22-18(24)13-23-19(25)17(27-20(23)26)8-4-7-14-5-2-1-3-6-14/h1-12H,13H2,(H,22,24). The summed E-state index contributed by atoms with van der Waals surface area (Å²) in [6, 6.07) is 17.2. The first-order valence-electron chi connectivity index (χ1n) is 8.05. The molecule has 2 amide bonds. The first-order valence-corrected chi connectivity index (χ1v) is 10.4. The fraction of sp³-hybridized carbons (Fsp3) is 0.0500. The van der Waals surface area contributed by atoms with Crippen molar-refractivity contribution in [2.75, 3.05) is 11.9 Å². The first-order chi connectivity index (χ1) is 13.0. The van der Waals surface area contributed by atoms with Crippen LogP contribution in [0, 0.1) is 3.57 Å². The van der Waals surface area contributed by atoms with Crippen molar-refractivity contribution >= 4 is 74.5 Å². The number of rotatable bonds is 5. The van der Waals surface area contributed by atoms with Gasteiger partial charge in [0.1, 0.15) is 10.9 Å². The zero-order valence-electron chi connectivity index (χ0n) is 14.1. The van der Waals surface area contributed by atoms with Gasteiger partial charge in [-0.2, -0.15) is 0 Å². The second-order valence-electron chi connectivity index (χ2n) is 5.62. The second kappa shape index (κ2) is 9.29. The average molecular weight is 506 g/mol. The molecule has 0 aliphatic carbocycles. The molecule has 1 aliphatic rings. The summed E-state index contributed by atoms with van der Waals surface area (Å²) < 4.78 is 1.47. The molecule has 1 saturated heterocycles. The maximum absolute atomic E-state index is 12.5. The summed E-state index contributed by atoms with van der Waals surface area (Å²) in [5.41, 5.74) is 1.73.